The van der Waals surface area contributed by atoms with E-state index < -0.39 is 0 Å². The van der Waals surface area contributed by atoms with Gasteiger partial charge in [0.15, 0.2) is 5.78 Å². The zero-order valence-electron chi connectivity index (χ0n) is 11.4. The van der Waals surface area contributed by atoms with Crippen LogP contribution < -0.4 is 0 Å². The summed E-state index contributed by atoms with van der Waals surface area (Å²) >= 11 is 0. The van der Waals surface area contributed by atoms with Crippen molar-refractivity contribution in [2.24, 2.45) is 0 Å². The average molecular weight is 262 g/mol. The van der Waals surface area contributed by atoms with Crippen molar-refractivity contribution in [1.82, 2.24) is 9.97 Å². The topological polar surface area (TPSA) is 42.9 Å². The summed E-state index contributed by atoms with van der Waals surface area (Å²) in [6, 6.07) is 13.3. The molecule has 0 saturated carbocycles. The number of carbonyl (C=O) groups excluding carboxylic acids is 1. The molecule has 0 amide bonds. The Labute approximate surface area is 117 Å². The first kappa shape index (κ1) is 12.5. The Hall–Kier alpha value is -2.55. The molecule has 0 aliphatic heterocycles. The number of aromatic nitrogens is 2. The monoisotopic (exact) mass is 262 g/mol. The van der Waals surface area contributed by atoms with Gasteiger partial charge >= 0.3 is 0 Å². The van der Waals surface area contributed by atoms with Gasteiger partial charge in [0.1, 0.15) is 0 Å². The molecular formula is C17H14N2O. The highest BCUT2D eigenvalue weighted by atomic mass is 16.1. The first-order valence-electron chi connectivity index (χ1n) is 6.48. The standard InChI is InChI=1S/C17H14N2O/c1-11-7-14(8-12(2)19-11)17(20)15-9-13-5-3-4-6-16(13)18-10-15/h3-10H,1-2H3. The number of hydrogen-bond acceptors (Lipinski definition) is 3. The van der Waals surface area contributed by atoms with E-state index in [9.17, 15) is 4.79 Å². The van der Waals surface area contributed by atoms with E-state index in [-0.39, 0.29) is 5.78 Å². The minimum absolute atomic E-state index is 0.0168. The van der Waals surface area contributed by atoms with E-state index in [1.165, 1.54) is 0 Å². The van der Waals surface area contributed by atoms with Crippen molar-refractivity contribution in [3.63, 3.8) is 0 Å². The van der Waals surface area contributed by atoms with Gasteiger partial charge < -0.3 is 0 Å². The van der Waals surface area contributed by atoms with Crippen molar-refractivity contribution in [2.75, 3.05) is 0 Å². The molecule has 0 aliphatic rings. The third-order valence-corrected chi connectivity index (χ3v) is 3.20. The molecule has 2 aromatic heterocycles. The molecule has 0 fully saturated rings. The Morgan fingerprint density at radius 2 is 1.65 bits per heavy atom. The summed E-state index contributed by atoms with van der Waals surface area (Å²) in [6.07, 6.45) is 1.63. The second-order valence-corrected chi connectivity index (χ2v) is 4.88. The zero-order chi connectivity index (χ0) is 14.1. The van der Waals surface area contributed by atoms with E-state index >= 15 is 0 Å². The van der Waals surface area contributed by atoms with Crippen molar-refractivity contribution in [2.45, 2.75) is 13.8 Å². The molecule has 0 bridgehead atoms. The Balaban J connectivity index is 2.07. The van der Waals surface area contributed by atoms with E-state index in [2.05, 4.69) is 9.97 Å². The lowest BCUT2D eigenvalue weighted by molar-refractivity contribution is 0.103. The second-order valence-electron chi connectivity index (χ2n) is 4.88. The van der Waals surface area contributed by atoms with Gasteiger partial charge in [-0.05, 0) is 38.1 Å². The smallest absolute Gasteiger partial charge is 0.194 e. The number of rotatable bonds is 2. The van der Waals surface area contributed by atoms with Crippen LogP contribution in [0.4, 0.5) is 0 Å². The number of pyridine rings is 2. The number of carbonyl (C=O) groups is 1. The van der Waals surface area contributed by atoms with Gasteiger partial charge in [0.2, 0.25) is 0 Å². The largest absolute Gasteiger partial charge is 0.289 e. The van der Waals surface area contributed by atoms with Crippen molar-refractivity contribution in [1.29, 1.82) is 0 Å². The lowest BCUT2D eigenvalue weighted by atomic mass is 10.0. The quantitative estimate of drug-likeness (QED) is 0.664. The van der Waals surface area contributed by atoms with E-state index in [0.29, 0.717) is 11.1 Å². The molecule has 0 unspecified atom stereocenters. The molecule has 0 N–H and O–H groups in total. The third-order valence-electron chi connectivity index (χ3n) is 3.20. The van der Waals surface area contributed by atoms with Crippen LogP contribution in [-0.4, -0.2) is 15.8 Å². The second kappa shape index (κ2) is 4.85. The fourth-order valence-corrected chi connectivity index (χ4v) is 2.33. The molecule has 3 nitrogen and oxygen atoms in total. The molecule has 0 aliphatic carbocycles. The minimum atomic E-state index is -0.0168. The van der Waals surface area contributed by atoms with Crippen LogP contribution in [0.2, 0.25) is 0 Å². The van der Waals surface area contributed by atoms with Gasteiger partial charge in [0.25, 0.3) is 0 Å². The third kappa shape index (κ3) is 2.30. The molecule has 3 heteroatoms. The van der Waals surface area contributed by atoms with Crippen LogP contribution in [0.5, 0.6) is 0 Å². The highest BCUT2D eigenvalue weighted by molar-refractivity contribution is 6.10. The summed E-state index contributed by atoms with van der Waals surface area (Å²) in [5.74, 6) is -0.0168. The summed E-state index contributed by atoms with van der Waals surface area (Å²) < 4.78 is 0. The molecule has 3 aromatic rings. The zero-order valence-corrected chi connectivity index (χ0v) is 11.4. The minimum Gasteiger partial charge on any atom is -0.289 e. The van der Waals surface area contributed by atoms with E-state index in [1.807, 2.05) is 56.3 Å². The number of fused-ring (bicyclic) bond motifs is 1. The molecule has 0 spiro atoms. The maximum atomic E-state index is 12.5. The van der Waals surface area contributed by atoms with Crippen LogP contribution in [-0.2, 0) is 0 Å². The van der Waals surface area contributed by atoms with Crippen molar-refractivity contribution in [3.05, 3.63) is 71.2 Å². The van der Waals surface area contributed by atoms with Gasteiger partial charge in [-0.3, -0.25) is 14.8 Å². The molecule has 98 valence electrons. The fraction of sp³-hybridized carbons (Fsp3) is 0.118. The van der Waals surface area contributed by atoms with Crippen LogP contribution in [0, 0.1) is 13.8 Å². The van der Waals surface area contributed by atoms with Crippen LogP contribution in [0.25, 0.3) is 10.9 Å². The van der Waals surface area contributed by atoms with Crippen molar-refractivity contribution < 1.29 is 4.79 Å². The Morgan fingerprint density at radius 1 is 0.950 bits per heavy atom. The molecule has 0 atom stereocenters. The normalized spacial score (nSPS) is 10.7. The highest BCUT2D eigenvalue weighted by Crippen LogP contribution is 2.16. The molecule has 2 heterocycles. The SMILES string of the molecule is Cc1cc(C(=O)c2cnc3ccccc3c2)cc(C)n1. The Morgan fingerprint density at radius 3 is 2.40 bits per heavy atom. The Bertz CT molecular complexity index is 789. The number of aryl methyl sites for hydroxylation is 2. The highest BCUT2D eigenvalue weighted by Gasteiger charge is 2.11. The predicted octanol–water partition coefficient (Wildman–Crippen LogP) is 3.48. The van der Waals surface area contributed by atoms with Crippen LogP contribution >= 0.6 is 0 Å². The van der Waals surface area contributed by atoms with Gasteiger partial charge in [0.05, 0.1) is 5.52 Å². The van der Waals surface area contributed by atoms with Gasteiger partial charge in [0, 0.05) is 34.1 Å². The summed E-state index contributed by atoms with van der Waals surface area (Å²) in [5.41, 5.74) is 3.86. The first-order chi connectivity index (χ1) is 9.63. The Kier molecular flexibility index (Phi) is 3.03. The summed E-state index contributed by atoms with van der Waals surface area (Å²) in [7, 11) is 0. The number of benzene rings is 1. The molecule has 0 radical (unpaired) electrons. The number of hydrogen-bond donors (Lipinski definition) is 0. The van der Waals surface area contributed by atoms with E-state index in [4.69, 9.17) is 0 Å². The number of nitrogens with zero attached hydrogens (tertiary/aromatic N) is 2. The van der Waals surface area contributed by atoms with E-state index in [1.54, 1.807) is 6.20 Å². The maximum Gasteiger partial charge on any atom is 0.194 e. The fourth-order valence-electron chi connectivity index (χ4n) is 2.33. The summed E-state index contributed by atoms with van der Waals surface area (Å²) in [5, 5.41) is 0.973. The van der Waals surface area contributed by atoms with Crippen molar-refractivity contribution in [3.8, 4) is 0 Å². The lowest BCUT2D eigenvalue weighted by Crippen LogP contribution is -2.04. The molecule has 1 aromatic carbocycles. The molecular weight excluding hydrogens is 248 g/mol. The van der Waals surface area contributed by atoms with E-state index in [0.717, 1.165) is 22.3 Å². The van der Waals surface area contributed by atoms with Gasteiger partial charge in [-0.15, -0.1) is 0 Å². The van der Waals surface area contributed by atoms with Crippen molar-refractivity contribution >= 4 is 16.7 Å². The molecule has 20 heavy (non-hydrogen) atoms. The number of ketones is 1. The average Bonchev–Trinajstić information content (AvgIpc) is 2.45. The van der Waals surface area contributed by atoms with Gasteiger partial charge in [-0.25, -0.2) is 0 Å². The van der Waals surface area contributed by atoms with Crippen LogP contribution in [0.1, 0.15) is 27.3 Å². The van der Waals surface area contributed by atoms with Gasteiger partial charge in [-0.2, -0.15) is 0 Å². The lowest BCUT2D eigenvalue weighted by Gasteiger charge is -2.05. The number of para-hydroxylation sites is 1. The summed E-state index contributed by atoms with van der Waals surface area (Å²) in [4.78, 5) is 21.2. The summed E-state index contributed by atoms with van der Waals surface area (Å²) in [6.45, 7) is 3.78. The molecule has 0 saturated heterocycles. The van der Waals surface area contributed by atoms with Crippen LogP contribution in [0.15, 0.2) is 48.7 Å². The predicted molar refractivity (Wildman–Crippen MR) is 78.9 cm³/mol. The van der Waals surface area contributed by atoms with Gasteiger partial charge in [-0.1, -0.05) is 18.2 Å². The van der Waals surface area contributed by atoms with Crippen LogP contribution in [0.3, 0.4) is 0 Å². The molecule has 3 rings (SSSR count). The maximum absolute atomic E-state index is 12.5. The first-order valence-corrected chi connectivity index (χ1v) is 6.48.